The van der Waals surface area contributed by atoms with Crippen molar-refractivity contribution in [2.45, 2.75) is 64.3 Å². The van der Waals surface area contributed by atoms with Gasteiger partial charge in [0.1, 0.15) is 5.54 Å². The number of rotatable bonds is 1. The van der Waals surface area contributed by atoms with Crippen molar-refractivity contribution < 1.29 is 4.48 Å². The predicted octanol–water partition coefficient (Wildman–Crippen LogP) is 3.90. The zero-order valence-corrected chi connectivity index (χ0v) is 11.9. The smallest absolute Gasteiger partial charge is 0.118 e. The largest absolute Gasteiger partial charge is 0.317 e. The summed E-state index contributed by atoms with van der Waals surface area (Å²) < 4.78 is 1.35. The van der Waals surface area contributed by atoms with Crippen LogP contribution in [0.4, 0.5) is 0 Å². The van der Waals surface area contributed by atoms with Gasteiger partial charge in [-0.25, -0.2) is 0 Å². The lowest BCUT2D eigenvalue weighted by Gasteiger charge is -2.57. The van der Waals surface area contributed by atoms with Crippen LogP contribution in [0.25, 0.3) is 0 Å². The fourth-order valence-corrected chi connectivity index (χ4v) is 4.88. The molecule has 0 amide bonds. The van der Waals surface area contributed by atoms with Gasteiger partial charge in [-0.15, -0.1) is 0 Å². The number of nitrogens with zero attached hydrogens (tertiary/aromatic N) is 1. The van der Waals surface area contributed by atoms with Gasteiger partial charge in [0, 0.05) is 18.8 Å². The van der Waals surface area contributed by atoms with E-state index in [9.17, 15) is 0 Å². The van der Waals surface area contributed by atoms with Crippen molar-refractivity contribution in [1.82, 2.24) is 0 Å². The van der Waals surface area contributed by atoms with E-state index in [1.54, 1.807) is 0 Å². The summed E-state index contributed by atoms with van der Waals surface area (Å²) in [5.74, 6) is 0.983. The molecule has 1 heteroatoms. The van der Waals surface area contributed by atoms with Crippen LogP contribution in [0, 0.1) is 5.92 Å². The predicted molar refractivity (Wildman–Crippen MR) is 72.8 cm³/mol. The van der Waals surface area contributed by atoms with Crippen LogP contribution < -0.4 is 0 Å². The number of likely N-dealkylation sites (N-methyl/N-ethyl adjacent to an activating group) is 1. The van der Waals surface area contributed by atoms with E-state index in [-0.39, 0.29) is 0 Å². The second-order valence-corrected chi connectivity index (χ2v) is 7.07. The second kappa shape index (κ2) is 3.85. The van der Waals surface area contributed by atoms with Gasteiger partial charge in [-0.3, -0.25) is 0 Å². The van der Waals surface area contributed by atoms with Crippen LogP contribution in [-0.2, 0) is 0 Å². The molecule has 0 bridgehead atoms. The molecule has 0 spiro atoms. The van der Waals surface area contributed by atoms with Crippen LogP contribution in [0.3, 0.4) is 0 Å². The summed E-state index contributed by atoms with van der Waals surface area (Å²) in [6.07, 6.45) is 9.97. The SMILES string of the molecule is CCC1CCC2(C)C3=C(CCC3)CC[N+]2(C)C1. The molecule has 1 fully saturated rings. The fraction of sp³-hybridized carbons (Fsp3) is 0.875. The van der Waals surface area contributed by atoms with E-state index in [1.807, 2.05) is 11.1 Å². The molecule has 2 aliphatic heterocycles. The highest BCUT2D eigenvalue weighted by molar-refractivity contribution is 5.30. The third kappa shape index (κ3) is 1.54. The molecule has 1 nitrogen and oxygen atoms in total. The molecule has 3 rings (SSSR count). The molecule has 17 heavy (non-hydrogen) atoms. The van der Waals surface area contributed by atoms with Crippen molar-refractivity contribution in [1.29, 1.82) is 0 Å². The molecule has 0 aromatic heterocycles. The molecular formula is C16H28N+. The van der Waals surface area contributed by atoms with E-state index in [1.165, 1.54) is 62.5 Å². The Kier molecular flexibility index (Phi) is 2.66. The van der Waals surface area contributed by atoms with Crippen LogP contribution in [0.5, 0.6) is 0 Å². The van der Waals surface area contributed by atoms with E-state index >= 15 is 0 Å². The molecule has 0 N–H and O–H groups in total. The van der Waals surface area contributed by atoms with Gasteiger partial charge < -0.3 is 4.48 Å². The molecule has 0 saturated carbocycles. The average Bonchev–Trinajstić information content (AvgIpc) is 2.79. The van der Waals surface area contributed by atoms with Gasteiger partial charge in [-0.2, -0.15) is 0 Å². The third-order valence-electron chi connectivity index (χ3n) is 6.36. The van der Waals surface area contributed by atoms with Crippen LogP contribution in [0.15, 0.2) is 11.1 Å². The molecule has 3 atom stereocenters. The Balaban J connectivity index is 1.96. The van der Waals surface area contributed by atoms with Gasteiger partial charge in [0.25, 0.3) is 0 Å². The first kappa shape index (κ1) is 11.8. The minimum atomic E-state index is 0.510. The minimum Gasteiger partial charge on any atom is -0.317 e. The maximum Gasteiger partial charge on any atom is 0.118 e. The van der Waals surface area contributed by atoms with Crippen molar-refractivity contribution in [3.05, 3.63) is 11.1 Å². The fourth-order valence-electron chi connectivity index (χ4n) is 4.88. The zero-order chi connectivity index (χ0) is 12.1. The topological polar surface area (TPSA) is 0 Å². The van der Waals surface area contributed by atoms with Gasteiger partial charge in [-0.05, 0) is 44.6 Å². The maximum absolute atomic E-state index is 2.58. The molecule has 96 valence electrons. The number of hydrogen-bond donors (Lipinski definition) is 0. The van der Waals surface area contributed by atoms with E-state index in [0.29, 0.717) is 5.54 Å². The molecule has 3 aliphatic rings. The first-order valence-electron chi connectivity index (χ1n) is 7.65. The van der Waals surface area contributed by atoms with Crippen molar-refractivity contribution in [3.8, 4) is 0 Å². The average molecular weight is 234 g/mol. The number of quaternary nitrogens is 1. The number of fused-ring (bicyclic) bond motifs is 2. The quantitative estimate of drug-likeness (QED) is 0.477. The third-order valence-corrected chi connectivity index (χ3v) is 6.36. The normalized spacial score (nSPS) is 45.7. The van der Waals surface area contributed by atoms with E-state index in [2.05, 4.69) is 20.9 Å². The van der Waals surface area contributed by atoms with E-state index in [4.69, 9.17) is 0 Å². The van der Waals surface area contributed by atoms with Crippen LogP contribution in [-0.4, -0.2) is 30.2 Å². The molecule has 1 aliphatic carbocycles. The lowest BCUT2D eigenvalue weighted by molar-refractivity contribution is -0.961. The Morgan fingerprint density at radius 2 is 2.12 bits per heavy atom. The van der Waals surface area contributed by atoms with Gasteiger partial charge in [0.2, 0.25) is 0 Å². The van der Waals surface area contributed by atoms with Gasteiger partial charge in [-0.1, -0.05) is 12.5 Å². The molecular weight excluding hydrogens is 206 g/mol. The summed E-state index contributed by atoms with van der Waals surface area (Å²) in [6.45, 7) is 7.80. The molecule has 2 heterocycles. The van der Waals surface area contributed by atoms with Crippen molar-refractivity contribution in [2.24, 2.45) is 5.92 Å². The standard InChI is InChI=1S/C16H28N/c1-4-13-8-10-16(2)15-7-5-6-14(15)9-11-17(16,3)12-13/h13H,4-12H2,1-3H3/q+1. The van der Waals surface area contributed by atoms with E-state index < -0.39 is 0 Å². The van der Waals surface area contributed by atoms with Crippen LogP contribution in [0.1, 0.15) is 58.8 Å². The summed E-state index contributed by atoms with van der Waals surface area (Å²) >= 11 is 0. The second-order valence-electron chi connectivity index (χ2n) is 7.07. The number of piperidine rings is 1. The molecule has 3 unspecified atom stereocenters. The Labute approximate surface area is 106 Å². The van der Waals surface area contributed by atoms with Gasteiger partial charge in [0.15, 0.2) is 0 Å². The first-order valence-corrected chi connectivity index (χ1v) is 7.65. The van der Waals surface area contributed by atoms with Crippen molar-refractivity contribution in [2.75, 3.05) is 20.1 Å². The van der Waals surface area contributed by atoms with Crippen molar-refractivity contribution in [3.63, 3.8) is 0 Å². The summed E-state index contributed by atoms with van der Waals surface area (Å²) in [5.41, 5.74) is 4.26. The maximum atomic E-state index is 2.58. The summed E-state index contributed by atoms with van der Waals surface area (Å²) in [6, 6.07) is 0. The highest BCUT2D eigenvalue weighted by atomic mass is 15.4. The minimum absolute atomic E-state index is 0.510. The van der Waals surface area contributed by atoms with Crippen LogP contribution in [0.2, 0.25) is 0 Å². The Bertz CT molecular complexity index is 357. The molecule has 0 aromatic rings. The highest BCUT2D eigenvalue weighted by Gasteiger charge is 2.54. The Morgan fingerprint density at radius 1 is 1.29 bits per heavy atom. The van der Waals surface area contributed by atoms with Gasteiger partial charge >= 0.3 is 0 Å². The molecule has 1 saturated heterocycles. The zero-order valence-electron chi connectivity index (χ0n) is 11.9. The van der Waals surface area contributed by atoms with Gasteiger partial charge in [0.05, 0.1) is 20.1 Å². The summed E-state index contributed by atoms with van der Waals surface area (Å²) in [4.78, 5) is 0. The van der Waals surface area contributed by atoms with Crippen LogP contribution >= 0.6 is 0 Å². The lowest BCUT2D eigenvalue weighted by atomic mass is 9.72. The summed E-state index contributed by atoms with van der Waals surface area (Å²) in [7, 11) is 2.55. The monoisotopic (exact) mass is 234 g/mol. The van der Waals surface area contributed by atoms with Crippen molar-refractivity contribution >= 4 is 0 Å². The Hall–Kier alpha value is -0.300. The number of hydrogen-bond acceptors (Lipinski definition) is 0. The Morgan fingerprint density at radius 3 is 2.88 bits per heavy atom. The first-order chi connectivity index (χ1) is 8.09. The highest BCUT2D eigenvalue weighted by Crippen LogP contribution is 2.51. The summed E-state index contributed by atoms with van der Waals surface area (Å²) in [5, 5.41) is 0. The van der Waals surface area contributed by atoms with E-state index in [0.717, 1.165) is 5.92 Å². The lowest BCUT2D eigenvalue weighted by Crippen LogP contribution is -2.67. The molecule has 0 aromatic carbocycles. The molecule has 0 radical (unpaired) electrons.